The molecule has 0 aliphatic rings. The lowest BCUT2D eigenvalue weighted by atomic mass is 10.1. The van der Waals surface area contributed by atoms with Crippen LogP contribution in [-0.2, 0) is 18.4 Å². The molecule has 0 aromatic carbocycles. The number of quaternary nitrogens is 1. The first-order chi connectivity index (χ1) is 25.5. The molecule has 0 aliphatic heterocycles. The number of allylic oxidation sites excluding steroid dienone is 11. The maximum Gasteiger partial charge on any atom is 0.472 e. The fraction of sp³-hybridized carbons (Fsp3) is 0.705. The smallest absolute Gasteiger partial charge is 0.387 e. The summed E-state index contributed by atoms with van der Waals surface area (Å²) in [6.45, 7) is 4.62. The molecule has 0 rings (SSSR count). The molecule has 0 aliphatic carbocycles. The molecule has 3 N–H and O–H groups in total. The van der Waals surface area contributed by atoms with Crippen LogP contribution in [0.3, 0.4) is 0 Å². The first-order valence-electron chi connectivity index (χ1n) is 20.8. The summed E-state index contributed by atoms with van der Waals surface area (Å²) in [5.74, 6) is -0.207. The molecule has 0 fully saturated rings. The van der Waals surface area contributed by atoms with Crippen LogP contribution in [0.5, 0.6) is 0 Å². The predicted molar refractivity (Wildman–Crippen MR) is 226 cm³/mol. The Labute approximate surface area is 325 Å². The molecule has 1 amide bonds. The number of hydrogen-bond donors (Lipinski definition) is 3. The normalized spacial score (nSPS) is 15.2. The zero-order chi connectivity index (χ0) is 39.3. The highest BCUT2D eigenvalue weighted by molar-refractivity contribution is 7.47. The molecule has 0 radical (unpaired) electrons. The zero-order valence-corrected chi connectivity index (χ0v) is 35.4. The average Bonchev–Trinajstić information content (AvgIpc) is 3.10. The summed E-state index contributed by atoms with van der Waals surface area (Å²) in [6.07, 6.45) is 46.8. The second-order valence-corrected chi connectivity index (χ2v) is 16.4. The van der Waals surface area contributed by atoms with Crippen LogP contribution in [0, 0.1) is 0 Å². The van der Waals surface area contributed by atoms with Crippen molar-refractivity contribution in [3.05, 3.63) is 72.9 Å². The highest BCUT2D eigenvalue weighted by atomic mass is 31.2. The number of aliphatic hydroxyl groups is 1. The van der Waals surface area contributed by atoms with Gasteiger partial charge in [0.15, 0.2) is 0 Å². The Hall–Kier alpha value is -2.06. The minimum absolute atomic E-state index is 0.0492. The van der Waals surface area contributed by atoms with Crippen LogP contribution in [0.2, 0.25) is 0 Å². The molecule has 0 heterocycles. The van der Waals surface area contributed by atoms with Gasteiger partial charge in [0, 0.05) is 6.42 Å². The number of rotatable bonds is 36. The maximum atomic E-state index is 12.8. The number of phosphoric ester groups is 1. The van der Waals surface area contributed by atoms with Gasteiger partial charge in [-0.25, -0.2) is 4.57 Å². The topological polar surface area (TPSA) is 105 Å². The molecule has 0 spiro atoms. The Morgan fingerprint density at radius 3 is 1.74 bits per heavy atom. The second-order valence-electron chi connectivity index (χ2n) is 15.0. The van der Waals surface area contributed by atoms with Crippen molar-refractivity contribution in [2.24, 2.45) is 0 Å². The van der Waals surface area contributed by atoms with E-state index in [9.17, 15) is 19.4 Å². The Morgan fingerprint density at radius 1 is 0.660 bits per heavy atom. The van der Waals surface area contributed by atoms with E-state index in [0.29, 0.717) is 17.4 Å². The number of phosphoric acid groups is 1. The van der Waals surface area contributed by atoms with Crippen molar-refractivity contribution >= 4 is 13.7 Å². The maximum absolute atomic E-state index is 12.8. The van der Waals surface area contributed by atoms with Gasteiger partial charge in [0.05, 0.1) is 39.9 Å². The predicted octanol–water partition coefficient (Wildman–Crippen LogP) is 11.2. The average molecular weight is 764 g/mol. The van der Waals surface area contributed by atoms with Gasteiger partial charge in [-0.2, -0.15) is 0 Å². The molecule has 0 aromatic heterocycles. The highest BCUT2D eigenvalue weighted by Gasteiger charge is 2.27. The van der Waals surface area contributed by atoms with Gasteiger partial charge in [0.2, 0.25) is 5.91 Å². The minimum Gasteiger partial charge on any atom is -0.387 e. The summed E-state index contributed by atoms with van der Waals surface area (Å²) in [5, 5.41) is 13.7. The van der Waals surface area contributed by atoms with Gasteiger partial charge < -0.3 is 19.8 Å². The molecule has 0 bridgehead atoms. The zero-order valence-electron chi connectivity index (χ0n) is 34.5. The Morgan fingerprint density at radius 2 is 1.15 bits per heavy atom. The molecule has 306 valence electrons. The molecule has 3 unspecified atom stereocenters. The van der Waals surface area contributed by atoms with Gasteiger partial charge >= 0.3 is 7.82 Å². The monoisotopic (exact) mass is 764 g/mol. The van der Waals surface area contributed by atoms with E-state index >= 15 is 0 Å². The van der Waals surface area contributed by atoms with Crippen molar-refractivity contribution in [3.8, 4) is 0 Å². The minimum atomic E-state index is -4.35. The lowest BCUT2D eigenvalue weighted by Crippen LogP contribution is -2.45. The fourth-order valence-electron chi connectivity index (χ4n) is 5.34. The van der Waals surface area contributed by atoms with Crippen molar-refractivity contribution in [2.45, 2.75) is 161 Å². The van der Waals surface area contributed by atoms with Gasteiger partial charge in [0.1, 0.15) is 13.2 Å². The van der Waals surface area contributed by atoms with Crippen LogP contribution >= 0.6 is 7.82 Å². The van der Waals surface area contributed by atoms with Crippen molar-refractivity contribution in [1.29, 1.82) is 0 Å². The summed E-state index contributed by atoms with van der Waals surface area (Å²) >= 11 is 0. The molecule has 8 nitrogen and oxygen atoms in total. The molecule has 0 saturated heterocycles. The standard InChI is InChI=1S/C44H79N2O6P/c1-6-8-10-12-14-16-18-20-21-22-23-24-25-26-28-30-32-34-36-38-44(48)45-42(41-52-53(49,50)51-40-39-46(3,4)5)43(47)37-35-33-31-29-27-19-17-15-13-11-9-7-2/h8,10,14,16,20-21,23-24,27,29,35,37,42-43,47H,6-7,9,11-13,15,17-19,22,25-26,28,30-34,36,38-41H2,1-5H3,(H-,45,48,49,50)/p+1/b10-8-,16-14-,21-20-,24-23-,29-27+,37-35+. The third-order valence-electron chi connectivity index (χ3n) is 8.66. The number of carbonyl (C=O) groups excluding carboxylic acids is 1. The summed E-state index contributed by atoms with van der Waals surface area (Å²) < 4.78 is 23.5. The SMILES string of the molecule is CC/C=C\C/C=C\C/C=C\C/C=C\CCCCCCCCC(=O)NC(COP(=O)(O)OCC[N+](C)(C)C)C(O)/C=C/CC/C=C/CCCCCCCC. The third kappa shape index (κ3) is 38.0. The van der Waals surface area contributed by atoms with Gasteiger partial charge in [0.25, 0.3) is 0 Å². The number of nitrogens with zero attached hydrogens (tertiary/aromatic N) is 1. The first kappa shape index (κ1) is 50.9. The molecule has 0 saturated carbocycles. The van der Waals surface area contributed by atoms with Crippen LogP contribution < -0.4 is 5.32 Å². The lowest BCUT2D eigenvalue weighted by Gasteiger charge is -2.25. The van der Waals surface area contributed by atoms with Crippen LogP contribution in [0.1, 0.15) is 149 Å². The van der Waals surface area contributed by atoms with E-state index in [0.717, 1.165) is 77.0 Å². The Bertz CT molecular complexity index is 1090. The van der Waals surface area contributed by atoms with E-state index in [1.807, 2.05) is 27.2 Å². The second kappa shape index (κ2) is 35.6. The van der Waals surface area contributed by atoms with Crippen LogP contribution in [0.4, 0.5) is 0 Å². The first-order valence-corrected chi connectivity index (χ1v) is 22.3. The summed E-state index contributed by atoms with van der Waals surface area (Å²) in [7, 11) is 1.53. The third-order valence-corrected chi connectivity index (χ3v) is 9.64. The van der Waals surface area contributed by atoms with Gasteiger partial charge in [-0.1, -0.05) is 145 Å². The quantitative estimate of drug-likeness (QED) is 0.0254. The number of amides is 1. The molecule has 3 atom stereocenters. The van der Waals surface area contributed by atoms with E-state index in [1.54, 1.807) is 6.08 Å². The lowest BCUT2D eigenvalue weighted by molar-refractivity contribution is -0.870. The molecule has 9 heteroatoms. The summed E-state index contributed by atoms with van der Waals surface area (Å²) in [5.41, 5.74) is 0. The largest absolute Gasteiger partial charge is 0.472 e. The molecular weight excluding hydrogens is 683 g/mol. The van der Waals surface area contributed by atoms with Crippen LogP contribution in [0.15, 0.2) is 72.9 Å². The van der Waals surface area contributed by atoms with Crippen molar-refractivity contribution in [2.75, 3.05) is 40.9 Å². The molecule has 0 aromatic rings. The van der Waals surface area contributed by atoms with Gasteiger partial charge in [-0.3, -0.25) is 13.8 Å². The van der Waals surface area contributed by atoms with E-state index in [2.05, 4.69) is 79.9 Å². The number of nitrogens with one attached hydrogen (secondary N) is 1. The number of hydrogen-bond acceptors (Lipinski definition) is 5. The number of unbranched alkanes of at least 4 members (excludes halogenated alkanes) is 13. The molecular formula is C44H80N2O6P+. The Kier molecular flexibility index (Phi) is 34.2. The van der Waals surface area contributed by atoms with E-state index in [4.69, 9.17) is 9.05 Å². The highest BCUT2D eigenvalue weighted by Crippen LogP contribution is 2.43. The fourth-order valence-corrected chi connectivity index (χ4v) is 6.08. The van der Waals surface area contributed by atoms with Crippen LogP contribution in [-0.4, -0.2) is 73.4 Å². The van der Waals surface area contributed by atoms with Crippen molar-refractivity contribution < 1.29 is 32.9 Å². The number of likely N-dealkylation sites (N-methyl/N-ethyl adjacent to an activating group) is 1. The Balaban J connectivity index is 4.52. The van der Waals surface area contributed by atoms with E-state index < -0.39 is 20.0 Å². The number of aliphatic hydroxyl groups excluding tert-OH is 1. The van der Waals surface area contributed by atoms with Gasteiger partial charge in [-0.15, -0.1) is 0 Å². The van der Waals surface area contributed by atoms with Crippen LogP contribution in [0.25, 0.3) is 0 Å². The van der Waals surface area contributed by atoms with E-state index in [1.165, 1.54) is 51.4 Å². The van der Waals surface area contributed by atoms with Crippen molar-refractivity contribution in [3.63, 3.8) is 0 Å². The summed E-state index contributed by atoms with van der Waals surface area (Å²) in [4.78, 5) is 23.0. The molecule has 53 heavy (non-hydrogen) atoms. The summed E-state index contributed by atoms with van der Waals surface area (Å²) in [6, 6.07) is -0.872. The van der Waals surface area contributed by atoms with Gasteiger partial charge in [-0.05, 0) is 70.6 Å². The van der Waals surface area contributed by atoms with Crippen molar-refractivity contribution in [1.82, 2.24) is 5.32 Å². The van der Waals surface area contributed by atoms with E-state index in [-0.39, 0.29) is 19.1 Å². The number of carbonyl (C=O) groups is 1.